The van der Waals surface area contributed by atoms with Gasteiger partial charge in [0.05, 0.1) is 4.99 Å². The molecule has 0 spiro atoms. The summed E-state index contributed by atoms with van der Waals surface area (Å²) in [6, 6.07) is 4.25. The topological polar surface area (TPSA) is 29.3 Å². The van der Waals surface area contributed by atoms with Gasteiger partial charge in [0, 0.05) is 31.6 Å². The second kappa shape index (κ2) is 7.50. The normalized spacial score (nSPS) is 11.3. The lowest BCUT2D eigenvalue weighted by Crippen LogP contribution is -2.31. The molecule has 2 nitrogen and oxygen atoms in total. The molecule has 0 unspecified atom stereocenters. The zero-order valence-corrected chi connectivity index (χ0v) is 12.1. The van der Waals surface area contributed by atoms with E-state index in [-0.39, 0.29) is 0 Å². The largest absolute Gasteiger partial charge is 0.393 e. The van der Waals surface area contributed by atoms with Crippen LogP contribution in [0.2, 0.25) is 0 Å². The Morgan fingerprint density at radius 3 is 2.63 bits per heavy atom. The first-order valence-electron chi connectivity index (χ1n) is 6.33. The van der Waals surface area contributed by atoms with Crippen molar-refractivity contribution in [1.29, 1.82) is 0 Å². The van der Waals surface area contributed by atoms with E-state index in [2.05, 4.69) is 13.8 Å². The molecule has 0 radical (unpaired) electrons. The summed E-state index contributed by atoms with van der Waals surface area (Å²) in [5.41, 5.74) is 5.85. The lowest BCUT2D eigenvalue weighted by Gasteiger charge is -2.24. The number of nitrogens with zero attached hydrogens (tertiary/aromatic N) is 1. The Hall–Kier alpha value is -1.07. The number of hydrogen-bond donors (Lipinski definition) is 1. The molecule has 0 saturated heterocycles. The van der Waals surface area contributed by atoms with E-state index in [9.17, 15) is 8.78 Å². The first-order valence-corrected chi connectivity index (χ1v) is 6.74. The molecule has 0 atom stereocenters. The maximum atomic E-state index is 13.6. The third kappa shape index (κ3) is 5.61. The molecule has 1 rings (SSSR count). The van der Waals surface area contributed by atoms with Gasteiger partial charge in [-0.25, -0.2) is 8.78 Å². The molecule has 0 aliphatic heterocycles. The van der Waals surface area contributed by atoms with Gasteiger partial charge in [0.25, 0.3) is 0 Å². The van der Waals surface area contributed by atoms with Crippen molar-refractivity contribution < 1.29 is 8.78 Å². The Balaban J connectivity index is 2.75. The van der Waals surface area contributed by atoms with E-state index >= 15 is 0 Å². The highest BCUT2D eigenvalue weighted by Crippen LogP contribution is 2.15. The van der Waals surface area contributed by atoms with Crippen molar-refractivity contribution in [3.8, 4) is 0 Å². The number of halogens is 2. The molecule has 0 heterocycles. The van der Waals surface area contributed by atoms with E-state index in [1.807, 2.05) is 4.90 Å². The summed E-state index contributed by atoms with van der Waals surface area (Å²) >= 11 is 4.86. The predicted molar refractivity (Wildman–Crippen MR) is 77.9 cm³/mol. The minimum Gasteiger partial charge on any atom is -0.393 e. The Morgan fingerprint density at radius 2 is 2.05 bits per heavy atom. The van der Waals surface area contributed by atoms with E-state index < -0.39 is 11.6 Å². The van der Waals surface area contributed by atoms with Gasteiger partial charge in [-0.2, -0.15) is 0 Å². The molecule has 1 aromatic carbocycles. The highest BCUT2D eigenvalue weighted by atomic mass is 32.1. The predicted octanol–water partition coefficient (Wildman–Crippen LogP) is 3.10. The number of thiocarbonyl (C=S) groups is 1. The van der Waals surface area contributed by atoms with Crippen LogP contribution in [0.3, 0.4) is 0 Å². The molecule has 2 N–H and O–H groups in total. The molecular weight excluding hydrogens is 266 g/mol. The second-order valence-electron chi connectivity index (χ2n) is 5.06. The van der Waals surface area contributed by atoms with Crippen LogP contribution in [0, 0.1) is 17.6 Å². The summed E-state index contributed by atoms with van der Waals surface area (Å²) in [7, 11) is 0. The van der Waals surface area contributed by atoms with Crippen molar-refractivity contribution in [2.45, 2.75) is 26.8 Å². The Morgan fingerprint density at radius 1 is 1.37 bits per heavy atom. The Labute approximate surface area is 118 Å². The lowest BCUT2D eigenvalue weighted by atomic mass is 10.1. The molecule has 1 aromatic rings. The monoisotopic (exact) mass is 286 g/mol. The van der Waals surface area contributed by atoms with E-state index in [1.54, 1.807) is 6.07 Å². The number of hydrogen-bond acceptors (Lipinski definition) is 2. The van der Waals surface area contributed by atoms with Gasteiger partial charge in [-0.1, -0.05) is 38.2 Å². The smallest absolute Gasteiger partial charge is 0.163 e. The summed E-state index contributed by atoms with van der Waals surface area (Å²) < 4.78 is 26.8. The molecule has 19 heavy (non-hydrogen) atoms. The van der Waals surface area contributed by atoms with Gasteiger partial charge < -0.3 is 5.73 Å². The summed E-state index contributed by atoms with van der Waals surface area (Å²) in [4.78, 5) is 2.48. The van der Waals surface area contributed by atoms with Gasteiger partial charge in [0.1, 0.15) is 0 Å². The third-order valence-electron chi connectivity index (χ3n) is 2.72. The lowest BCUT2D eigenvalue weighted by molar-refractivity contribution is 0.238. The number of rotatable bonds is 7. The zero-order chi connectivity index (χ0) is 14.4. The summed E-state index contributed by atoms with van der Waals surface area (Å²) in [5.74, 6) is -1.15. The molecule has 5 heteroatoms. The minimum atomic E-state index is -0.809. The maximum absolute atomic E-state index is 13.6. The Kier molecular flexibility index (Phi) is 6.31. The highest BCUT2D eigenvalue weighted by molar-refractivity contribution is 7.80. The Bertz CT molecular complexity index is 435. The molecular formula is C14H20F2N2S. The number of benzene rings is 1. The van der Waals surface area contributed by atoms with Crippen LogP contribution < -0.4 is 5.73 Å². The zero-order valence-electron chi connectivity index (χ0n) is 11.3. The maximum Gasteiger partial charge on any atom is 0.163 e. The quantitative estimate of drug-likeness (QED) is 0.781. The van der Waals surface area contributed by atoms with E-state index in [0.29, 0.717) is 36.0 Å². The average Bonchev–Trinajstić information content (AvgIpc) is 2.31. The van der Waals surface area contributed by atoms with Crippen LogP contribution in [0.25, 0.3) is 0 Å². The first kappa shape index (κ1) is 16.0. The summed E-state index contributed by atoms with van der Waals surface area (Å²) in [6.07, 6.45) is 0.582. The summed E-state index contributed by atoms with van der Waals surface area (Å²) in [6.45, 7) is 5.97. The number of nitrogens with two attached hydrogens (primary N) is 1. The van der Waals surface area contributed by atoms with Crippen LogP contribution in [0.4, 0.5) is 8.78 Å². The van der Waals surface area contributed by atoms with Gasteiger partial charge in [0.15, 0.2) is 11.6 Å². The van der Waals surface area contributed by atoms with Crippen LogP contribution in [-0.4, -0.2) is 23.0 Å². The van der Waals surface area contributed by atoms with Gasteiger partial charge in [-0.3, -0.25) is 4.90 Å². The molecule has 0 bridgehead atoms. The molecule has 0 aromatic heterocycles. The van der Waals surface area contributed by atoms with Crippen LogP contribution in [0.5, 0.6) is 0 Å². The van der Waals surface area contributed by atoms with Crippen molar-refractivity contribution in [3.63, 3.8) is 0 Å². The second-order valence-corrected chi connectivity index (χ2v) is 5.58. The standard InChI is InChI=1S/C14H20F2N2S/c1-10(2)8-18(7-6-13(17)19)9-11-4-3-5-12(15)14(11)16/h3-5,10H,6-9H2,1-2H3,(H2,17,19). The molecule has 0 amide bonds. The SMILES string of the molecule is CC(C)CN(CCC(N)=S)Cc1cccc(F)c1F. The fourth-order valence-corrected chi connectivity index (χ4v) is 2.02. The molecule has 0 aliphatic rings. The van der Waals surface area contributed by atoms with Crippen molar-refractivity contribution in [2.24, 2.45) is 11.7 Å². The fourth-order valence-electron chi connectivity index (χ4n) is 1.93. The van der Waals surface area contributed by atoms with E-state index in [0.717, 1.165) is 12.6 Å². The fraction of sp³-hybridized carbons (Fsp3) is 0.500. The van der Waals surface area contributed by atoms with Crippen LogP contribution >= 0.6 is 12.2 Å². The van der Waals surface area contributed by atoms with Crippen molar-refractivity contribution in [3.05, 3.63) is 35.4 Å². The van der Waals surface area contributed by atoms with Crippen LogP contribution in [0.1, 0.15) is 25.8 Å². The van der Waals surface area contributed by atoms with Gasteiger partial charge in [-0.05, 0) is 12.0 Å². The summed E-state index contributed by atoms with van der Waals surface area (Å²) in [5, 5.41) is 0. The van der Waals surface area contributed by atoms with E-state index in [4.69, 9.17) is 18.0 Å². The molecule has 0 fully saturated rings. The van der Waals surface area contributed by atoms with Gasteiger partial charge >= 0.3 is 0 Å². The highest BCUT2D eigenvalue weighted by Gasteiger charge is 2.13. The van der Waals surface area contributed by atoms with Gasteiger partial charge in [0.2, 0.25) is 0 Å². The molecule has 0 saturated carbocycles. The molecule has 106 valence electrons. The van der Waals surface area contributed by atoms with Crippen LogP contribution in [-0.2, 0) is 6.54 Å². The van der Waals surface area contributed by atoms with Crippen molar-refractivity contribution in [1.82, 2.24) is 4.90 Å². The third-order valence-corrected chi connectivity index (χ3v) is 2.93. The van der Waals surface area contributed by atoms with Crippen molar-refractivity contribution >= 4 is 17.2 Å². The van der Waals surface area contributed by atoms with E-state index in [1.165, 1.54) is 6.07 Å². The van der Waals surface area contributed by atoms with Gasteiger partial charge in [-0.15, -0.1) is 0 Å². The van der Waals surface area contributed by atoms with Crippen molar-refractivity contribution in [2.75, 3.05) is 13.1 Å². The minimum absolute atomic E-state index is 0.364. The average molecular weight is 286 g/mol. The molecule has 0 aliphatic carbocycles. The van der Waals surface area contributed by atoms with Crippen LogP contribution in [0.15, 0.2) is 18.2 Å². The first-order chi connectivity index (χ1) is 8.90.